The molecule has 1 aromatic heterocycles. The molecule has 0 unspecified atom stereocenters. The fraction of sp³-hybridized carbons (Fsp3) is 0.200. The number of carbonyl (C=O) groups is 1. The predicted molar refractivity (Wildman–Crippen MR) is 72.8 cm³/mol. The van der Waals surface area contributed by atoms with E-state index in [1.807, 2.05) is 0 Å². The summed E-state index contributed by atoms with van der Waals surface area (Å²) in [6.45, 7) is 1.97. The predicted octanol–water partition coefficient (Wildman–Crippen LogP) is 1.98. The SMILES string of the molecule is C#CCOc1ccc2cc(C(=O)OCC)c(=O)oc2c1. The van der Waals surface area contributed by atoms with E-state index in [4.69, 9.17) is 20.3 Å². The molecule has 1 heterocycles. The quantitative estimate of drug-likeness (QED) is 0.483. The second-order valence-electron chi connectivity index (χ2n) is 3.86. The normalized spacial score (nSPS) is 10.0. The van der Waals surface area contributed by atoms with Gasteiger partial charge in [-0.05, 0) is 25.1 Å². The van der Waals surface area contributed by atoms with Gasteiger partial charge in [0.05, 0.1) is 6.61 Å². The molecule has 5 heteroatoms. The molecule has 0 aliphatic heterocycles. The molecule has 0 N–H and O–H groups in total. The van der Waals surface area contributed by atoms with Crippen LogP contribution in [-0.2, 0) is 4.74 Å². The number of benzene rings is 1. The summed E-state index contributed by atoms with van der Waals surface area (Å²) in [6.07, 6.45) is 5.09. The Labute approximate surface area is 115 Å². The lowest BCUT2D eigenvalue weighted by Crippen LogP contribution is -2.16. The minimum atomic E-state index is -0.745. The number of hydrogen-bond acceptors (Lipinski definition) is 5. The van der Waals surface area contributed by atoms with Crippen molar-refractivity contribution < 1.29 is 18.7 Å². The summed E-state index contributed by atoms with van der Waals surface area (Å²) in [4.78, 5) is 23.3. The van der Waals surface area contributed by atoms with Gasteiger partial charge in [0.1, 0.15) is 23.5 Å². The molecule has 0 saturated heterocycles. The molecule has 0 aliphatic rings. The van der Waals surface area contributed by atoms with E-state index in [2.05, 4.69) is 5.92 Å². The van der Waals surface area contributed by atoms with Crippen LogP contribution < -0.4 is 10.4 Å². The van der Waals surface area contributed by atoms with Gasteiger partial charge in [-0.25, -0.2) is 9.59 Å². The highest BCUT2D eigenvalue weighted by atomic mass is 16.5. The Bertz CT molecular complexity index is 736. The average Bonchev–Trinajstić information content (AvgIpc) is 2.44. The molecule has 0 fully saturated rings. The van der Waals surface area contributed by atoms with Gasteiger partial charge in [0.25, 0.3) is 0 Å². The zero-order chi connectivity index (χ0) is 14.5. The van der Waals surface area contributed by atoms with Crippen LogP contribution in [0.15, 0.2) is 33.5 Å². The van der Waals surface area contributed by atoms with Crippen molar-refractivity contribution in [1.29, 1.82) is 0 Å². The second kappa shape index (κ2) is 5.93. The minimum absolute atomic E-state index is 0.122. The fourth-order valence-corrected chi connectivity index (χ4v) is 1.66. The molecule has 0 radical (unpaired) electrons. The minimum Gasteiger partial charge on any atom is -0.481 e. The lowest BCUT2D eigenvalue weighted by atomic mass is 10.2. The summed E-state index contributed by atoms with van der Waals surface area (Å²) in [5, 5.41) is 0.598. The molecular weight excluding hydrogens is 260 g/mol. The monoisotopic (exact) mass is 272 g/mol. The van der Waals surface area contributed by atoms with Gasteiger partial charge >= 0.3 is 11.6 Å². The fourth-order valence-electron chi connectivity index (χ4n) is 1.66. The maximum absolute atomic E-state index is 11.7. The highest BCUT2D eigenvalue weighted by Crippen LogP contribution is 2.20. The first-order valence-electron chi connectivity index (χ1n) is 5.97. The van der Waals surface area contributed by atoms with Gasteiger partial charge in [-0.1, -0.05) is 5.92 Å². The summed E-state index contributed by atoms with van der Waals surface area (Å²) in [7, 11) is 0. The summed E-state index contributed by atoms with van der Waals surface area (Å²) in [5.41, 5.74) is -0.556. The van der Waals surface area contributed by atoms with Gasteiger partial charge in [-0.2, -0.15) is 0 Å². The zero-order valence-electron chi connectivity index (χ0n) is 10.8. The van der Waals surface area contributed by atoms with Crippen molar-refractivity contribution in [1.82, 2.24) is 0 Å². The third-order valence-electron chi connectivity index (χ3n) is 2.52. The van der Waals surface area contributed by atoms with Crippen molar-refractivity contribution >= 4 is 16.9 Å². The van der Waals surface area contributed by atoms with Gasteiger partial charge in [0, 0.05) is 11.5 Å². The first-order chi connectivity index (χ1) is 9.65. The molecule has 0 spiro atoms. The molecule has 0 saturated carbocycles. The lowest BCUT2D eigenvalue weighted by Gasteiger charge is -2.05. The Hall–Kier alpha value is -2.74. The van der Waals surface area contributed by atoms with Crippen LogP contribution in [0.2, 0.25) is 0 Å². The van der Waals surface area contributed by atoms with E-state index in [1.54, 1.807) is 25.1 Å². The molecule has 2 aromatic rings. The van der Waals surface area contributed by atoms with Crippen LogP contribution in [0.3, 0.4) is 0 Å². The standard InChI is InChI=1S/C15H12O5/c1-3-7-19-11-6-5-10-8-12(14(16)18-4-2)15(17)20-13(10)9-11/h1,5-6,8-9H,4,7H2,2H3. The number of terminal acetylenes is 1. The molecular formula is C15H12O5. The maximum atomic E-state index is 11.7. The van der Waals surface area contributed by atoms with E-state index < -0.39 is 11.6 Å². The van der Waals surface area contributed by atoms with Crippen molar-refractivity contribution in [3.05, 3.63) is 40.2 Å². The van der Waals surface area contributed by atoms with Gasteiger partial charge in [-0.15, -0.1) is 6.42 Å². The van der Waals surface area contributed by atoms with Crippen LogP contribution in [0.5, 0.6) is 5.75 Å². The van der Waals surface area contributed by atoms with Crippen LogP contribution in [0.1, 0.15) is 17.3 Å². The molecule has 0 amide bonds. The van der Waals surface area contributed by atoms with Gasteiger partial charge in [-0.3, -0.25) is 0 Å². The topological polar surface area (TPSA) is 65.7 Å². The summed E-state index contributed by atoms with van der Waals surface area (Å²) in [5.74, 6) is 2.13. The first-order valence-corrected chi connectivity index (χ1v) is 5.97. The number of fused-ring (bicyclic) bond motifs is 1. The van der Waals surface area contributed by atoms with E-state index in [1.165, 1.54) is 6.07 Å². The van der Waals surface area contributed by atoms with E-state index in [0.717, 1.165) is 0 Å². The summed E-state index contributed by atoms with van der Waals surface area (Å²) < 4.78 is 15.1. The maximum Gasteiger partial charge on any atom is 0.351 e. The lowest BCUT2D eigenvalue weighted by molar-refractivity contribution is 0.0522. The third-order valence-corrected chi connectivity index (χ3v) is 2.52. The first kappa shape index (κ1) is 13.7. The largest absolute Gasteiger partial charge is 0.481 e. The van der Waals surface area contributed by atoms with Crippen LogP contribution in [0.25, 0.3) is 11.0 Å². The van der Waals surface area contributed by atoms with Gasteiger partial charge in [0.15, 0.2) is 0 Å². The molecule has 1 aromatic carbocycles. The Morgan fingerprint density at radius 3 is 2.90 bits per heavy atom. The number of hydrogen-bond donors (Lipinski definition) is 0. The van der Waals surface area contributed by atoms with E-state index >= 15 is 0 Å². The molecule has 20 heavy (non-hydrogen) atoms. The molecule has 2 rings (SSSR count). The van der Waals surface area contributed by atoms with Gasteiger partial charge in [0.2, 0.25) is 0 Å². The number of ether oxygens (including phenoxy) is 2. The Morgan fingerprint density at radius 2 is 2.20 bits per heavy atom. The van der Waals surface area contributed by atoms with E-state index in [0.29, 0.717) is 16.7 Å². The third kappa shape index (κ3) is 2.81. The molecule has 0 bridgehead atoms. The Kier molecular flexibility index (Phi) is 4.06. The number of carbonyl (C=O) groups excluding carboxylic acids is 1. The summed E-state index contributed by atoms with van der Waals surface area (Å²) in [6, 6.07) is 6.33. The molecule has 102 valence electrons. The second-order valence-corrected chi connectivity index (χ2v) is 3.86. The number of rotatable bonds is 4. The van der Waals surface area contributed by atoms with E-state index in [-0.39, 0.29) is 18.8 Å². The zero-order valence-corrected chi connectivity index (χ0v) is 10.8. The van der Waals surface area contributed by atoms with Gasteiger partial charge < -0.3 is 13.9 Å². The summed E-state index contributed by atoms with van der Waals surface area (Å²) >= 11 is 0. The van der Waals surface area contributed by atoms with E-state index in [9.17, 15) is 9.59 Å². The Morgan fingerprint density at radius 1 is 1.40 bits per heavy atom. The Balaban J connectivity index is 2.43. The molecule has 0 aliphatic carbocycles. The number of esters is 1. The smallest absolute Gasteiger partial charge is 0.351 e. The van der Waals surface area contributed by atoms with Crippen LogP contribution in [0, 0.1) is 12.3 Å². The van der Waals surface area contributed by atoms with Crippen molar-refractivity contribution in [2.45, 2.75) is 6.92 Å². The van der Waals surface area contributed by atoms with Crippen molar-refractivity contribution in [3.63, 3.8) is 0 Å². The molecule has 5 nitrogen and oxygen atoms in total. The highest BCUT2D eigenvalue weighted by molar-refractivity contribution is 5.93. The van der Waals surface area contributed by atoms with Crippen molar-refractivity contribution in [2.24, 2.45) is 0 Å². The molecule has 0 atom stereocenters. The highest BCUT2D eigenvalue weighted by Gasteiger charge is 2.14. The van der Waals surface area contributed by atoms with Crippen LogP contribution >= 0.6 is 0 Å². The van der Waals surface area contributed by atoms with Crippen LogP contribution in [-0.4, -0.2) is 19.2 Å². The van der Waals surface area contributed by atoms with Crippen molar-refractivity contribution in [2.75, 3.05) is 13.2 Å². The van der Waals surface area contributed by atoms with Crippen LogP contribution in [0.4, 0.5) is 0 Å². The van der Waals surface area contributed by atoms with Crippen molar-refractivity contribution in [3.8, 4) is 18.1 Å². The average molecular weight is 272 g/mol.